The summed E-state index contributed by atoms with van der Waals surface area (Å²) in [5.41, 5.74) is 0.487. The summed E-state index contributed by atoms with van der Waals surface area (Å²) in [7, 11) is 0. The highest BCUT2D eigenvalue weighted by Crippen LogP contribution is 2.17. The second-order valence-electron chi connectivity index (χ2n) is 5.39. The molecular weight excluding hydrogens is 228 g/mol. The van der Waals surface area contributed by atoms with Gasteiger partial charge in [0, 0.05) is 25.2 Å². The third-order valence-corrected chi connectivity index (χ3v) is 3.75. The van der Waals surface area contributed by atoms with E-state index in [1.807, 2.05) is 0 Å². The van der Waals surface area contributed by atoms with Crippen molar-refractivity contribution in [1.29, 1.82) is 0 Å². The van der Waals surface area contributed by atoms with Crippen LogP contribution in [0.15, 0.2) is 12.2 Å². The number of rotatable bonds is 5. The van der Waals surface area contributed by atoms with E-state index in [1.54, 1.807) is 6.92 Å². The van der Waals surface area contributed by atoms with Gasteiger partial charge in [0.1, 0.15) is 0 Å². The molecule has 0 aromatic rings. The fourth-order valence-electron chi connectivity index (χ4n) is 2.67. The van der Waals surface area contributed by atoms with Gasteiger partial charge in [-0.1, -0.05) is 6.58 Å². The van der Waals surface area contributed by atoms with Gasteiger partial charge in [0.05, 0.1) is 0 Å². The molecule has 0 aliphatic carbocycles. The monoisotopic (exact) mass is 252 g/mol. The maximum absolute atomic E-state index is 11.7. The van der Waals surface area contributed by atoms with E-state index in [4.69, 9.17) is 4.74 Å². The van der Waals surface area contributed by atoms with E-state index in [2.05, 4.69) is 16.4 Å². The van der Waals surface area contributed by atoms with Gasteiger partial charge in [-0.25, -0.2) is 4.79 Å². The Morgan fingerprint density at radius 1 is 1.17 bits per heavy atom. The van der Waals surface area contributed by atoms with Crippen molar-refractivity contribution in [2.45, 2.75) is 38.8 Å². The van der Waals surface area contributed by atoms with Gasteiger partial charge in [0.25, 0.3) is 0 Å². The first-order valence-electron chi connectivity index (χ1n) is 7.00. The fourth-order valence-corrected chi connectivity index (χ4v) is 2.67. The Kier molecular flexibility index (Phi) is 4.78. The summed E-state index contributed by atoms with van der Waals surface area (Å²) in [5.74, 6) is -0.258. The van der Waals surface area contributed by atoms with E-state index in [0.717, 1.165) is 32.7 Å². The van der Waals surface area contributed by atoms with Crippen LogP contribution in [0.5, 0.6) is 0 Å². The molecule has 0 spiro atoms. The number of ether oxygens (including phenoxy) is 1. The molecule has 0 saturated carbocycles. The average molecular weight is 252 g/mol. The lowest BCUT2D eigenvalue weighted by Crippen LogP contribution is -2.44. The van der Waals surface area contributed by atoms with Crippen LogP contribution in [0, 0.1) is 0 Å². The summed E-state index contributed by atoms with van der Waals surface area (Å²) in [6.07, 6.45) is 4.86. The molecule has 0 amide bonds. The first-order valence-corrected chi connectivity index (χ1v) is 7.00. The zero-order valence-corrected chi connectivity index (χ0v) is 11.4. The summed E-state index contributed by atoms with van der Waals surface area (Å²) in [6.45, 7) is 10.6. The number of likely N-dealkylation sites (tertiary alicyclic amines) is 2. The van der Waals surface area contributed by atoms with Crippen LogP contribution < -0.4 is 0 Å². The van der Waals surface area contributed by atoms with Crippen molar-refractivity contribution in [3.63, 3.8) is 0 Å². The van der Waals surface area contributed by atoms with Gasteiger partial charge in [0.15, 0.2) is 6.23 Å². The fraction of sp³-hybridized carbons (Fsp3) is 0.786. The van der Waals surface area contributed by atoms with Crippen LogP contribution in [0.25, 0.3) is 0 Å². The molecule has 4 nitrogen and oxygen atoms in total. The first-order chi connectivity index (χ1) is 8.66. The highest BCUT2D eigenvalue weighted by atomic mass is 16.6. The van der Waals surface area contributed by atoms with E-state index >= 15 is 0 Å². The second kappa shape index (κ2) is 6.34. The average Bonchev–Trinajstić information content (AvgIpc) is 3.00. The zero-order chi connectivity index (χ0) is 13.0. The highest BCUT2D eigenvalue weighted by Gasteiger charge is 2.28. The minimum atomic E-state index is -0.258. The molecule has 2 rings (SSSR count). The minimum absolute atomic E-state index is 0.0881. The van der Waals surface area contributed by atoms with Gasteiger partial charge in [-0.2, -0.15) is 0 Å². The lowest BCUT2D eigenvalue weighted by Gasteiger charge is -2.30. The molecule has 2 heterocycles. The number of hydrogen-bond donors (Lipinski definition) is 0. The zero-order valence-electron chi connectivity index (χ0n) is 11.4. The van der Waals surface area contributed by atoms with Gasteiger partial charge in [-0.05, 0) is 45.7 Å². The maximum atomic E-state index is 11.7. The molecule has 2 aliphatic rings. The number of esters is 1. The molecule has 0 aromatic carbocycles. The van der Waals surface area contributed by atoms with Crippen LogP contribution in [-0.4, -0.2) is 54.7 Å². The topological polar surface area (TPSA) is 32.8 Å². The maximum Gasteiger partial charge on any atom is 0.334 e. The van der Waals surface area contributed by atoms with E-state index in [1.165, 1.54) is 25.7 Å². The minimum Gasteiger partial charge on any atom is -0.442 e. The Hall–Kier alpha value is -0.870. The Morgan fingerprint density at radius 3 is 2.28 bits per heavy atom. The second-order valence-corrected chi connectivity index (χ2v) is 5.39. The number of carbonyl (C=O) groups is 1. The van der Waals surface area contributed by atoms with Gasteiger partial charge < -0.3 is 4.74 Å². The molecule has 0 bridgehead atoms. The van der Waals surface area contributed by atoms with Crippen molar-refractivity contribution in [3.05, 3.63) is 12.2 Å². The molecule has 102 valence electrons. The van der Waals surface area contributed by atoms with Crippen molar-refractivity contribution in [2.24, 2.45) is 0 Å². The van der Waals surface area contributed by atoms with Gasteiger partial charge >= 0.3 is 5.97 Å². The largest absolute Gasteiger partial charge is 0.442 e. The summed E-state index contributed by atoms with van der Waals surface area (Å²) in [5, 5.41) is 0. The molecule has 0 N–H and O–H groups in total. The standard InChI is InChI=1S/C14H24N2O2/c1-12(2)14(17)18-13(16-9-5-6-10-16)11-15-7-3-4-8-15/h13H,1,3-11H2,2H3. The molecule has 0 radical (unpaired) electrons. The quantitative estimate of drug-likeness (QED) is 0.550. The van der Waals surface area contributed by atoms with Crippen LogP contribution >= 0.6 is 0 Å². The molecule has 2 saturated heterocycles. The van der Waals surface area contributed by atoms with Gasteiger partial charge in [-0.3, -0.25) is 9.80 Å². The Morgan fingerprint density at radius 2 is 1.72 bits per heavy atom. The third kappa shape index (κ3) is 3.56. The number of carbonyl (C=O) groups excluding carboxylic acids is 1. The van der Waals surface area contributed by atoms with Crippen LogP contribution in [0.2, 0.25) is 0 Å². The number of nitrogens with zero attached hydrogens (tertiary/aromatic N) is 2. The van der Waals surface area contributed by atoms with Crippen LogP contribution in [0.4, 0.5) is 0 Å². The smallest absolute Gasteiger partial charge is 0.334 e. The first kappa shape index (κ1) is 13.6. The van der Waals surface area contributed by atoms with Crippen molar-refractivity contribution in [3.8, 4) is 0 Å². The molecular formula is C14H24N2O2. The molecule has 18 heavy (non-hydrogen) atoms. The van der Waals surface area contributed by atoms with Crippen LogP contribution in [0.1, 0.15) is 32.6 Å². The third-order valence-electron chi connectivity index (χ3n) is 3.75. The summed E-state index contributed by atoms with van der Waals surface area (Å²) >= 11 is 0. The SMILES string of the molecule is C=C(C)C(=O)OC(CN1CCCC1)N1CCCC1. The molecule has 4 heteroatoms. The Balaban J connectivity index is 1.92. The number of hydrogen-bond acceptors (Lipinski definition) is 4. The van der Waals surface area contributed by atoms with Gasteiger partial charge in [0.2, 0.25) is 0 Å². The highest BCUT2D eigenvalue weighted by molar-refractivity contribution is 5.87. The Bertz CT molecular complexity index is 305. The van der Waals surface area contributed by atoms with Gasteiger partial charge in [-0.15, -0.1) is 0 Å². The summed E-state index contributed by atoms with van der Waals surface area (Å²) in [4.78, 5) is 16.4. The summed E-state index contributed by atoms with van der Waals surface area (Å²) in [6, 6.07) is 0. The summed E-state index contributed by atoms with van der Waals surface area (Å²) < 4.78 is 5.60. The van der Waals surface area contributed by atoms with E-state index < -0.39 is 0 Å². The van der Waals surface area contributed by atoms with E-state index in [0.29, 0.717) is 5.57 Å². The van der Waals surface area contributed by atoms with Crippen LogP contribution in [0.3, 0.4) is 0 Å². The molecule has 2 fully saturated rings. The Labute approximate surface area is 110 Å². The normalized spacial score (nSPS) is 23.2. The lowest BCUT2D eigenvalue weighted by molar-refractivity contribution is -0.155. The van der Waals surface area contributed by atoms with E-state index in [9.17, 15) is 4.79 Å². The molecule has 1 unspecified atom stereocenters. The molecule has 0 aromatic heterocycles. The van der Waals surface area contributed by atoms with Crippen molar-refractivity contribution >= 4 is 5.97 Å². The molecule has 1 atom stereocenters. The predicted molar refractivity (Wildman–Crippen MR) is 71.2 cm³/mol. The van der Waals surface area contributed by atoms with Crippen molar-refractivity contribution in [2.75, 3.05) is 32.7 Å². The molecule has 2 aliphatic heterocycles. The predicted octanol–water partition coefficient (Wildman–Crippen LogP) is 1.62. The lowest BCUT2D eigenvalue weighted by atomic mass is 10.3. The van der Waals surface area contributed by atoms with Crippen molar-refractivity contribution < 1.29 is 9.53 Å². The van der Waals surface area contributed by atoms with Crippen molar-refractivity contribution in [1.82, 2.24) is 9.80 Å². The van der Waals surface area contributed by atoms with E-state index in [-0.39, 0.29) is 12.2 Å². The van der Waals surface area contributed by atoms with Crippen LogP contribution in [-0.2, 0) is 9.53 Å².